The van der Waals surface area contributed by atoms with Gasteiger partial charge in [0.05, 0.1) is 19.7 Å². The lowest BCUT2D eigenvalue weighted by molar-refractivity contribution is 0.0827. The number of para-hydroxylation sites is 1. The molecule has 0 fully saturated rings. The molecule has 4 heterocycles. The molecule has 0 amide bonds. The Morgan fingerprint density at radius 2 is 1.84 bits per heavy atom. The number of carbonyl (C=O) groups is 1. The van der Waals surface area contributed by atoms with Gasteiger partial charge in [-0.3, -0.25) is 14.3 Å². The number of carbonyl (C=O) groups excluding carboxylic acids is 1. The zero-order valence-electron chi connectivity index (χ0n) is 20.9. The molecule has 0 bridgehead atoms. The highest BCUT2D eigenvalue weighted by molar-refractivity contribution is 5.93. The third-order valence-electron chi connectivity index (χ3n) is 8.10. The Bertz CT molecular complexity index is 1540. The van der Waals surface area contributed by atoms with Gasteiger partial charge in [0.2, 0.25) is 12.7 Å². The van der Waals surface area contributed by atoms with E-state index >= 15 is 0 Å². The van der Waals surface area contributed by atoms with E-state index in [1.54, 1.807) is 18.8 Å². The summed E-state index contributed by atoms with van der Waals surface area (Å²) in [5.41, 5.74) is 5.64. The first kappa shape index (κ1) is 22.2. The van der Waals surface area contributed by atoms with E-state index in [9.17, 15) is 4.79 Å². The summed E-state index contributed by atoms with van der Waals surface area (Å²) in [4.78, 5) is 16.4. The second-order valence-electron chi connectivity index (χ2n) is 9.89. The summed E-state index contributed by atoms with van der Waals surface area (Å²) in [6.45, 7) is 1.86. The van der Waals surface area contributed by atoms with Crippen molar-refractivity contribution >= 4 is 16.8 Å². The number of methoxy groups -OCH3 is 2. The van der Waals surface area contributed by atoms with Crippen LogP contribution in [-0.4, -0.2) is 42.9 Å². The van der Waals surface area contributed by atoms with Gasteiger partial charge in [-0.05, 0) is 53.4 Å². The van der Waals surface area contributed by atoms with Crippen molar-refractivity contribution in [1.29, 1.82) is 0 Å². The molecule has 4 aromatic rings. The highest BCUT2D eigenvalue weighted by atomic mass is 16.7. The lowest BCUT2D eigenvalue weighted by Gasteiger charge is -2.46. The number of ether oxygens (including phenoxy) is 4. The normalized spacial score (nSPS) is 19.7. The van der Waals surface area contributed by atoms with E-state index in [1.165, 1.54) is 11.1 Å². The zero-order chi connectivity index (χ0) is 25.1. The second kappa shape index (κ2) is 8.56. The van der Waals surface area contributed by atoms with Crippen LogP contribution in [0.4, 0.5) is 0 Å². The predicted molar refractivity (Wildman–Crippen MR) is 139 cm³/mol. The van der Waals surface area contributed by atoms with Crippen LogP contribution in [0, 0.1) is 0 Å². The number of rotatable bonds is 4. The van der Waals surface area contributed by atoms with Gasteiger partial charge in [-0.15, -0.1) is 0 Å². The number of hydrogen-bond acceptors (Lipinski definition) is 6. The molecule has 0 saturated heterocycles. The van der Waals surface area contributed by atoms with Crippen LogP contribution in [0.3, 0.4) is 0 Å². The van der Waals surface area contributed by atoms with E-state index < -0.39 is 0 Å². The fourth-order valence-electron chi connectivity index (χ4n) is 6.44. The van der Waals surface area contributed by atoms with Gasteiger partial charge in [-0.25, -0.2) is 0 Å². The van der Waals surface area contributed by atoms with Gasteiger partial charge in [0.1, 0.15) is 0 Å². The SMILES string of the molecule is COc1ccc2c(c1OC)CN1CCc3cc4c(cc3C1C2CC(=O)n1ccc2ccccc21)OCO4. The fourth-order valence-corrected chi connectivity index (χ4v) is 6.44. The summed E-state index contributed by atoms with van der Waals surface area (Å²) < 4.78 is 24.7. The predicted octanol–water partition coefficient (Wildman–Crippen LogP) is 5.31. The van der Waals surface area contributed by atoms with Crippen LogP contribution in [0.1, 0.15) is 45.4 Å². The maximum Gasteiger partial charge on any atom is 0.231 e. The van der Waals surface area contributed by atoms with E-state index in [0.29, 0.717) is 12.2 Å². The van der Waals surface area contributed by atoms with Crippen molar-refractivity contribution in [3.05, 3.63) is 83.0 Å². The van der Waals surface area contributed by atoms with E-state index in [0.717, 1.165) is 58.8 Å². The maximum absolute atomic E-state index is 13.9. The first-order valence-electron chi connectivity index (χ1n) is 12.7. The van der Waals surface area contributed by atoms with Crippen LogP contribution in [-0.2, 0) is 13.0 Å². The van der Waals surface area contributed by atoms with Gasteiger partial charge < -0.3 is 18.9 Å². The molecule has 1 aromatic heterocycles. The van der Waals surface area contributed by atoms with E-state index in [1.807, 2.05) is 42.6 Å². The second-order valence-corrected chi connectivity index (χ2v) is 9.89. The van der Waals surface area contributed by atoms with E-state index in [2.05, 4.69) is 23.1 Å². The highest BCUT2D eigenvalue weighted by Crippen LogP contribution is 2.52. The molecule has 3 aliphatic heterocycles. The lowest BCUT2D eigenvalue weighted by atomic mass is 9.74. The summed E-state index contributed by atoms with van der Waals surface area (Å²) in [6.07, 6.45) is 3.15. The smallest absolute Gasteiger partial charge is 0.231 e. The monoisotopic (exact) mass is 496 g/mol. The number of aromatic nitrogens is 1. The quantitative estimate of drug-likeness (QED) is 0.381. The number of nitrogens with zero attached hydrogens (tertiary/aromatic N) is 2. The van der Waals surface area contributed by atoms with Gasteiger partial charge in [-0.2, -0.15) is 0 Å². The van der Waals surface area contributed by atoms with Crippen molar-refractivity contribution in [3.8, 4) is 23.0 Å². The molecule has 0 saturated carbocycles. The lowest BCUT2D eigenvalue weighted by Crippen LogP contribution is -2.42. The minimum absolute atomic E-state index is 0.0367. The molecule has 3 aliphatic rings. The van der Waals surface area contributed by atoms with E-state index in [4.69, 9.17) is 18.9 Å². The molecular formula is C30H28N2O5. The molecule has 2 atom stereocenters. The number of hydrogen-bond donors (Lipinski definition) is 0. The summed E-state index contributed by atoms with van der Waals surface area (Å²) >= 11 is 0. The summed E-state index contributed by atoms with van der Waals surface area (Å²) in [5.74, 6) is 3.04. The Balaban J connectivity index is 1.37. The van der Waals surface area contributed by atoms with Crippen LogP contribution in [0.15, 0.2) is 60.8 Å². The van der Waals surface area contributed by atoms with Crippen molar-refractivity contribution in [2.45, 2.75) is 31.3 Å². The topological polar surface area (TPSA) is 62.2 Å². The standard InChI is InChI=1S/C30H28N2O5/c1-34-25-8-7-20-22(15-28(33)32-12-10-18-5-3-4-6-24(18)32)29-21-14-27-26(36-17-37-27)13-19(21)9-11-31(29)16-23(20)30(25)35-2/h3-8,10,12-14,22,29H,9,11,15-17H2,1-2H3. The molecule has 0 N–H and O–H groups in total. The minimum atomic E-state index is -0.0726. The van der Waals surface area contributed by atoms with Gasteiger partial charge >= 0.3 is 0 Å². The molecule has 7 heteroatoms. The van der Waals surface area contributed by atoms with Crippen LogP contribution in [0.2, 0.25) is 0 Å². The van der Waals surface area contributed by atoms with Crippen LogP contribution >= 0.6 is 0 Å². The molecule has 188 valence electrons. The Morgan fingerprint density at radius 1 is 1.00 bits per heavy atom. The van der Waals surface area contributed by atoms with Gasteiger partial charge in [-0.1, -0.05) is 24.3 Å². The Labute approximate surface area is 215 Å². The highest BCUT2D eigenvalue weighted by Gasteiger charge is 2.42. The molecule has 0 radical (unpaired) electrons. The molecule has 2 unspecified atom stereocenters. The van der Waals surface area contributed by atoms with Crippen LogP contribution in [0.5, 0.6) is 23.0 Å². The van der Waals surface area contributed by atoms with Crippen LogP contribution < -0.4 is 18.9 Å². The van der Waals surface area contributed by atoms with Gasteiger partial charge in [0, 0.05) is 48.6 Å². The van der Waals surface area contributed by atoms with Crippen LogP contribution in [0.25, 0.3) is 10.9 Å². The molecule has 0 aliphatic carbocycles. The molecule has 0 spiro atoms. The summed E-state index contributed by atoms with van der Waals surface area (Å²) in [6, 6.07) is 18.4. The average Bonchev–Trinajstić information content (AvgIpc) is 3.57. The Hall–Kier alpha value is -3.97. The molecule has 3 aromatic carbocycles. The Morgan fingerprint density at radius 3 is 2.68 bits per heavy atom. The number of benzene rings is 3. The average molecular weight is 497 g/mol. The van der Waals surface area contributed by atoms with Crippen molar-refractivity contribution in [2.75, 3.05) is 27.6 Å². The third-order valence-corrected chi connectivity index (χ3v) is 8.10. The van der Waals surface area contributed by atoms with Crippen molar-refractivity contribution < 1.29 is 23.7 Å². The van der Waals surface area contributed by atoms with Crippen molar-refractivity contribution in [2.24, 2.45) is 0 Å². The van der Waals surface area contributed by atoms with E-state index in [-0.39, 0.29) is 24.7 Å². The summed E-state index contributed by atoms with van der Waals surface area (Å²) in [5, 5.41) is 1.06. The van der Waals surface area contributed by atoms with Crippen molar-refractivity contribution in [1.82, 2.24) is 9.47 Å². The minimum Gasteiger partial charge on any atom is -0.493 e. The van der Waals surface area contributed by atoms with Crippen molar-refractivity contribution in [3.63, 3.8) is 0 Å². The Kier molecular flexibility index (Phi) is 5.15. The summed E-state index contributed by atoms with van der Waals surface area (Å²) in [7, 11) is 3.34. The number of fused-ring (bicyclic) bond motifs is 6. The first-order chi connectivity index (χ1) is 18.2. The van der Waals surface area contributed by atoms with Gasteiger partial charge in [0.15, 0.2) is 23.0 Å². The zero-order valence-corrected chi connectivity index (χ0v) is 20.9. The first-order valence-corrected chi connectivity index (χ1v) is 12.7. The molecule has 7 rings (SSSR count). The fraction of sp³-hybridized carbons (Fsp3) is 0.300. The molecular weight excluding hydrogens is 468 g/mol. The maximum atomic E-state index is 13.9. The van der Waals surface area contributed by atoms with Gasteiger partial charge in [0.25, 0.3) is 0 Å². The largest absolute Gasteiger partial charge is 0.493 e. The molecule has 7 nitrogen and oxygen atoms in total. The third kappa shape index (κ3) is 3.41. The molecule has 37 heavy (non-hydrogen) atoms.